The molecule has 0 aliphatic carbocycles. The average Bonchev–Trinajstić information content (AvgIpc) is 3.08. The number of rotatable bonds is 5. The normalized spacial score (nSPS) is 15.0. The molecule has 4 rings (SSSR count). The highest BCUT2D eigenvalue weighted by atomic mass is 16.5. The molecule has 0 atom stereocenters. The van der Waals surface area contributed by atoms with Gasteiger partial charge in [-0.2, -0.15) is 10.1 Å². The van der Waals surface area contributed by atoms with Gasteiger partial charge in [0.05, 0.1) is 6.20 Å². The predicted molar refractivity (Wildman–Crippen MR) is 105 cm³/mol. The van der Waals surface area contributed by atoms with Crippen molar-refractivity contribution in [1.29, 1.82) is 0 Å². The van der Waals surface area contributed by atoms with E-state index in [-0.39, 0.29) is 0 Å². The maximum Gasteiger partial charge on any atom is 0.250 e. The monoisotopic (exact) mass is 365 g/mol. The molecule has 1 aromatic carbocycles. The van der Waals surface area contributed by atoms with Gasteiger partial charge in [-0.3, -0.25) is 0 Å². The summed E-state index contributed by atoms with van der Waals surface area (Å²) in [5.74, 6) is 3.05. The van der Waals surface area contributed by atoms with Crippen LogP contribution >= 0.6 is 0 Å². The molecule has 0 spiro atoms. The highest BCUT2D eigenvalue weighted by Crippen LogP contribution is 2.25. The van der Waals surface area contributed by atoms with E-state index in [4.69, 9.17) is 4.52 Å². The molecule has 140 valence electrons. The van der Waals surface area contributed by atoms with Gasteiger partial charge in [0.15, 0.2) is 11.6 Å². The molecule has 0 amide bonds. The van der Waals surface area contributed by atoms with Crippen LogP contribution in [0, 0.1) is 12.8 Å². The minimum Gasteiger partial charge on any atom is -0.372 e. The fourth-order valence-corrected chi connectivity index (χ4v) is 3.13. The van der Waals surface area contributed by atoms with Crippen LogP contribution in [0.2, 0.25) is 0 Å². The van der Waals surface area contributed by atoms with Crippen LogP contribution in [0.25, 0.3) is 0 Å². The van der Waals surface area contributed by atoms with Crippen LogP contribution in [0.5, 0.6) is 0 Å². The molecule has 3 heterocycles. The molecule has 2 N–H and O–H groups in total. The first-order valence-corrected chi connectivity index (χ1v) is 9.18. The molecule has 0 radical (unpaired) electrons. The molecule has 1 aliphatic rings. The second-order valence-corrected chi connectivity index (χ2v) is 6.95. The van der Waals surface area contributed by atoms with Gasteiger partial charge in [-0.25, -0.2) is 0 Å². The van der Waals surface area contributed by atoms with E-state index in [1.54, 1.807) is 12.3 Å². The van der Waals surface area contributed by atoms with Crippen molar-refractivity contribution < 1.29 is 4.52 Å². The first kappa shape index (κ1) is 17.3. The highest BCUT2D eigenvalue weighted by Gasteiger charge is 2.15. The molecular formula is C19H23N7O. The molecule has 1 saturated heterocycles. The fraction of sp³-hybridized carbons (Fsp3) is 0.368. The Morgan fingerprint density at radius 1 is 1.07 bits per heavy atom. The summed E-state index contributed by atoms with van der Waals surface area (Å²) in [5.41, 5.74) is 2.21. The summed E-state index contributed by atoms with van der Waals surface area (Å²) in [5, 5.41) is 18.0. The molecule has 8 nitrogen and oxygen atoms in total. The Labute approximate surface area is 158 Å². The summed E-state index contributed by atoms with van der Waals surface area (Å²) in [6, 6.07) is 10.2. The van der Waals surface area contributed by atoms with E-state index < -0.39 is 0 Å². The Balaban J connectivity index is 1.41. The molecule has 1 aliphatic heterocycles. The molecule has 27 heavy (non-hydrogen) atoms. The summed E-state index contributed by atoms with van der Waals surface area (Å²) in [7, 11) is 0. The molecule has 0 unspecified atom stereocenters. The number of hydrogen-bond donors (Lipinski definition) is 2. The van der Waals surface area contributed by atoms with E-state index in [9.17, 15) is 0 Å². The topological polar surface area (TPSA) is 92.0 Å². The van der Waals surface area contributed by atoms with Crippen molar-refractivity contribution in [3.05, 3.63) is 42.3 Å². The minimum absolute atomic E-state index is 0.354. The van der Waals surface area contributed by atoms with Crippen molar-refractivity contribution in [2.24, 2.45) is 5.92 Å². The van der Waals surface area contributed by atoms with Crippen LogP contribution in [0.3, 0.4) is 0 Å². The van der Waals surface area contributed by atoms with Crippen molar-refractivity contribution in [3.8, 4) is 0 Å². The van der Waals surface area contributed by atoms with E-state index >= 15 is 0 Å². The Bertz CT molecular complexity index is 885. The first-order chi connectivity index (χ1) is 13.2. The quantitative estimate of drug-likeness (QED) is 0.703. The van der Waals surface area contributed by atoms with Gasteiger partial charge in [-0.1, -0.05) is 12.1 Å². The first-order valence-electron chi connectivity index (χ1n) is 9.18. The number of benzene rings is 1. The minimum atomic E-state index is 0.354. The van der Waals surface area contributed by atoms with Gasteiger partial charge in [0.1, 0.15) is 5.76 Å². The zero-order valence-corrected chi connectivity index (χ0v) is 15.5. The summed E-state index contributed by atoms with van der Waals surface area (Å²) < 4.78 is 5.02. The zero-order chi connectivity index (χ0) is 18.6. The second-order valence-electron chi connectivity index (χ2n) is 6.95. The number of piperidine rings is 1. The molecule has 0 bridgehead atoms. The van der Waals surface area contributed by atoms with Gasteiger partial charge in [-0.15, -0.1) is 5.10 Å². The molecule has 2 aromatic heterocycles. The predicted octanol–water partition coefficient (Wildman–Crippen LogP) is 3.89. The Hall–Kier alpha value is -3.16. The van der Waals surface area contributed by atoms with Crippen molar-refractivity contribution in [1.82, 2.24) is 20.3 Å². The number of hydrogen-bond acceptors (Lipinski definition) is 8. The Kier molecular flexibility index (Phi) is 4.86. The lowest BCUT2D eigenvalue weighted by Crippen LogP contribution is -2.32. The van der Waals surface area contributed by atoms with Crippen molar-refractivity contribution >= 4 is 29.0 Å². The largest absolute Gasteiger partial charge is 0.372 e. The average molecular weight is 365 g/mol. The smallest absolute Gasteiger partial charge is 0.250 e. The van der Waals surface area contributed by atoms with E-state index in [0.717, 1.165) is 24.7 Å². The van der Waals surface area contributed by atoms with Crippen molar-refractivity contribution in [3.63, 3.8) is 0 Å². The van der Waals surface area contributed by atoms with E-state index in [2.05, 4.69) is 67.1 Å². The van der Waals surface area contributed by atoms with Crippen molar-refractivity contribution in [2.45, 2.75) is 26.7 Å². The summed E-state index contributed by atoms with van der Waals surface area (Å²) in [4.78, 5) is 6.85. The van der Waals surface area contributed by atoms with E-state index in [1.807, 2.05) is 6.92 Å². The van der Waals surface area contributed by atoms with Crippen LogP contribution in [0.15, 0.2) is 41.1 Å². The number of aromatic nitrogens is 4. The number of anilines is 5. The molecule has 3 aromatic rings. The summed E-state index contributed by atoms with van der Waals surface area (Å²) in [6.45, 7) is 6.40. The van der Waals surface area contributed by atoms with E-state index in [0.29, 0.717) is 23.3 Å². The van der Waals surface area contributed by atoms with Gasteiger partial charge in [-0.05, 0) is 49.9 Å². The number of nitrogens with one attached hydrogen (secondary N) is 2. The number of nitrogens with zero attached hydrogens (tertiary/aromatic N) is 5. The van der Waals surface area contributed by atoms with Crippen LogP contribution in [-0.4, -0.2) is 33.4 Å². The van der Waals surface area contributed by atoms with Crippen LogP contribution < -0.4 is 15.5 Å². The number of aryl methyl sites for hydroxylation is 1. The maximum absolute atomic E-state index is 5.02. The summed E-state index contributed by atoms with van der Waals surface area (Å²) >= 11 is 0. The highest BCUT2D eigenvalue weighted by molar-refractivity contribution is 5.61. The lowest BCUT2D eigenvalue weighted by molar-refractivity contribution is 0.400. The maximum atomic E-state index is 5.02. The Morgan fingerprint density at radius 3 is 2.56 bits per heavy atom. The lowest BCUT2D eigenvalue weighted by atomic mass is 9.99. The van der Waals surface area contributed by atoms with Crippen LogP contribution in [0.4, 0.5) is 29.0 Å². The SMILES string of the molecule is Cc1cc(Nc2nncc(Nc3ccc(N4CCC(C)CC4)cc3)n2)no1. The van der Waals surface area contributed by atoms with Gasteiger partial charge in [0, 0.05) is 30.5 Å². The molecule has 1 fully saturated rings. The third-order valence-corrected chi connectivity index (χ3v) is 4.72. The Morgan fingerprint density at radius 2 is 1.85 bits per heavy atom. The van der Waals surface area contributed by atoms with Crippen molar-refractivity contribution in [2.75, 3.05) is 28.6 Å². The summed E-state index contributed by atoms with van der Waals surface area (Å²) in [6.07, 6.45) is 4.10. The molecule has 8 heteroatoms. The zero-order valence-electron chi connectivity index (χ0n) is 15.5. The molecular weight excluding hydrogens is 342 g/mol. The lowest BCUT2D eigenvalue weighted by Gasteiger charge is -2.32. The second kappa shape index (κ2) is 7.61. The van der Waals surface area contributed by atoms with E-state index in [1.165, 1.54) is 18.5 Å². The van der Waals surface area contributed by atoms with Gasteiger partial charge in [0.25, 0.3) is 0 Å². The third-order valence-electron chi connectivity index (χ3n) is 4.72. The standard InChI is InChI=1S/C19H23N7O/c1-13-7-9-26(10-8-13)16-5-3-15(4-6-16)21-18-12-20-24-19(23-18)22-17-11-14(2)27-25-17/h3-6,11-13H,7-10H2,1-2H3,(H2,21,22,23,24,25). The van der Waals surface area contributed by atoms with Crippen LogP contribution in [0.1, 0.15) is 25.5 Å². The fourth-order valence-electron chi connectivity index (χ4n) is 3.13. The van der Waals surface area contributed by atoms with Gasteiger partial charge < -0.3 is 20.1 Å². The van der Waals surface area contributed by atoms with Gasteiger partial charge in [0.2, 0.25) is 5.95 Å². The van der Waals surface area contributed by atoms with Gasteiger partial charge >= 0.3 is 0 Å². The molecule has 0 saturated carbocycles. The van der Waals surface area contributed by atoms with Crippen LogP contribution in [-0.2, 0) is 0 Å². The third kappa shape index (κ3) is 4.33.